The highest BCUT2D eigenvalue weighted by atomic mass is 32.2. The monoisotopic (exact) mass is 268 g/mol. The molecule has 1 heterocycles. The van der Waals surface area contributed by atoms with E-state index in [0.717, 1.165) is 0 Å². The van der Waals surface area contributed by atoms with Gasteiger partial charge in [0, 0.05) is 39.2 Å². The molecule has 3 unspecified atom stereocenters. The van der Waals surface area contributed by atoms with E-state index in [9.17, 15) is 14.1 Å². The molecule has 4 heteroatoms. The molecule has 1 N–H and O–H groups in total. The van der Waals surface area contributed by atoms with Crippen molar-refractivity contribution in [1.82, 2.24) is 0 Å². The van der Waals surface area contributed by atoms with Crippen LogP contribution in [0.1, 0.15) is 27.7 Å². The Morgan fingerprint density at radius 3 is 2.61 bits per heavy atom. The van der Waals surface area contributed by atoms with Crippen LogP contribution in [0.25, 0.3) is 0 Å². The molecule has 3 nitrogen and oxygen atoms in total. The van der Waals surface area contributed by atoms with Gasteiger partial charge in [-0.15, -0.1) is 0 Å². The van der Waals surface area contributed by atoms with Gasteiger partial charge in [0.2, 0.25) is 0 Å². The Morgan fingerprint density at radius 2 is 2.11 bits per heavy atom. The van der Waals surface area contributed by atoms with Crippen LogP contribution >= 0.6 is 0 Å². The molecule has 0 radical (unpaired) electrons. The van der Waals surface area contributed by atoms with Crippen LogP contribution in [0.15, 0.2) is 11.6 Å². The van der Waals surface area contributed by atoms with E-state index in [1.54, 1.807) is 6.92 Å². The fourth-order valence-electron chi connectivity index (χ4n) is 2.27. The van der Waals surface area contributed by atoms with Crippen molar-refractivity contribution in [3.05, 3.63) is 11.6 Å². The van der Waals surface area contributed by atoms with Gasteiger partial charge in [0.1, 0.15) is 11.9 Å². The molecule has 0 aromatic heterocycles. The zero-order valence-corrected chi connectivity index (χ0v) is 12.1. The Bertz CT molecular complexity index is 453. The van der Waals surface area contributed by atoms with Crippen molar-refractivity contribution in [3.8, 4) is 11.8 Å². The maximum atomic E-state index is 11.7. The Labute approximate surface area is 111 Å². The molecule has 1 saturated heterocycles. The highest BCUT2D eigenvalue weighted by molar-refractivity contribution is 7.85. The first-order chi connectivity index (χ1) is 8.23. The lowest BCUT2D eigenvalue weighted by molar-refractivity contribution is -0.104. The van der Waals surface area contributed by atoms with E-state index in [1.165, 1.54) is 6.08 Å². The number of allylic oxidation sites excluding steroid dienone is 2. The van der Waals surface area contributed by atoms with Crippen LogP contribution in [0.5, 0.6) is 0 Å². The Balaban J connectivity index is 3.12. The second-order valence-corrected chi connectivity index (χ2v) is 7.04. The van der Waals surface area contributed by atoms with Crippen molar-refractivity contribution in [2.24, 2.45) is 11.3 Å². The maximum absolute atomic E-state index is 11.7. The first kappa shape index (κ1) is 15.1. The van der Waals surface area contributed by atoms with Gasteiger partial charge < -0.3 is 5.11 Å². The van der Waals surface area contributed by atoms with E-state index in [0.29, 0.717) is 23.4 Å². The van der Waals surface area contributed by atoms with Gasteiger partial charge in [-0.05, 0) is 13.0 Å². The second-order valence-electron chi connectivity index (χ2n) is 5.54. The van der Waals surface area contributed by atoms with Crippen molar-refractivity contribution in [1.29, 1.82) is 0 Å². The first-order valence-corrected chi connectivity index (χ1v) is 7.44. The van der Waals surface area contributed by atoms with Crippen LogP contribution in [-0.4, -0.2) is 32.7 Å². The number of aldehydes is 1. The van der Waals surface area contributed by atoms with E-state index in [1.807, 2.05) is 20.8 Å². The molecule has 1 aliphatic rings. The lowest BCUT2D eigenvalue weighted by Gasteiger charge is -2.46. The molecule has 18 heavy (non-hydrogen) atoms. The summed E-state index contributed by atoms with van der Waals surface area (Å²) in [5.74, 6) is 6.47. The van der Waals surface area contributed by atoms with Crippen molar-refractivity contribution < 1.29 is 14.1 Å². The summed E-state index contributed by atoms with van der Waals surface area (Å²) in [4.78, 5) is 10.3. The number of carbonyl (C=O) groups excluding carboxylic acids is 1. The summed E-state index contributed by atoms with van der Waals surface area (Å²) >= 11 is 0. The van der Waals surface area contributed by atoms with Crippen LogP contribution in [-0.2, 0) is 15.6 Å². The summed E-state index contributed by atoms with van der Waals surface area (Å²) in [6.45, 7) is 7.36. The zero-order chi connectivity index (χ0) is 14.0. The molecular weight excluding hydrogens is 248 g/mol. The van der Waals surface area contributed by atoms with Crippen LogP contribution in [0.2, 0.25) is 0 Å². The topological polar surface area (TPSA) is 54.4 Å². The van der Waals surface area contributed by atoms with Crippen LogP contribution in [0, 0.1) is 23.2 Å². The second kappa shape index (κ2) is 5.38. The predicted octanol–water partition coefficient (Wildman–Crippen LogP) is 1.29. The van der Waals surface area contributed by atoms with Crippen molar-refractivity contribution in [2.45, 2.75) is 33.3 Å². The van der Waals surface area contributed by atoms with Gasteiger partial charge in [0.15, 0.2) is 0 Å². The minimum atomic E-state index is -1.17. The maximum Gasteiger partial charge on any atom is 0.143 e. The fraction of sp³-hybridized carbons (Fsp3) is 0.643. The van der Waals surface area contributed by atoms with Gasteiger partial charge in [-0.2, -0.15) is 0 Å². The van der Waals surface area contributed by atoms with Gasteiger partial charge in [0.05, 0.1) is 0 Å². The normalized spacial score (nSPS) is 35.5. The summed E-state index contributed by atoms with van der Waals surface area (Å²) in [6.07, 6.45) is 2.05. The average molecular weight is 268 g/mol. The molecule has 100 valence electrons. The highest BCUT2D eigenvalue weighted by Gasteiger charge is 2.51. The molecule has 0 saturated carbocycles. The van der Waals surface area contributed by atoms with Crippen LogP contribution in [0.3, 0.4) is 0 Å². The van der Waals surface area contributed by atoms with E-state index in [-0.39, 0.29) is 5.92 Å². The molecule has 3 atom stereocenters. The minimum Gasteiger partial charge on any atom is -0.377 e. The van der Waals surface area contributed by atoms with Gasteiger partial charge in [-0.3, -0.25) is 9.00 Å². The van der Waals surface area contributed by atoms with E-state index in [2.05, 4.69) is 11.8 Å². The van der Waals surface area contributed by atoms with Gasteiger partial charge in [-0.1, -0.05) is 32.6 Å². The van der Waals surface area contributed by atoms with Crippen molar-refractivity contribution in [2.75, 3.05) is 11.5 Å². The number of hydrogen-bond acceptors (Lipinski definition) is 3. The van der Waals surface area contributed by atoms with Crippen molar-refractivity contribution in [3.63, 3.8) is 0 Å². The zero-order valence-electron chi connectivity index (χ0n) is 11.3. The molecule has 1 fully saturated rings. The number of rotatable bonds is 1. The fourth-order valence-corrected chi connectivity index (χ4v) is 4.21. The summed E-state index contributed by atoms with van der Waals surface area (Å²) in [7, 11) is -0.903. The Morgan fingerprint density at radius 1 is 1.50 bits per heavy atom. The third kappa shape index (κ3) is 2.90. The smallest absolute Gasteiger partial charge is 0.143 e. The third-order valence-electron chi connectivity index (χ3n) is 3.47. The van der Waals surface area contributed by atoms with Gasteiger partial charge in [-0.25, -0.2) is 0 Å². The summed E-state index contributed by atoms with van der Waals surface area (Å²) in [6, 6.07) is 0. The lowest BCUT2D eigenvalue weighted by Crippen LogP contribution is -2.56. The molecule has 0 spiro atoms. The Kier molecular flexibility index (Phi) is 4.52. The van der Waals surface area contributed by atoms with E-state index >= 15 is 0 Å². The van der Waals surface area contributed by atoms with Gasteiger partial charge in [0.25, 0.3) is 0 Å². The minimum absolute atomic E-state index is 0.154. The molecular formula is C14H20O3S. The summed E-state index contributed by atoms with van der Waals surface area (Å²) < 4.78 is 11.7. The molecule has 0 aromatic carbocycles. The van der Waals surface area contributed by atoms with Crippen LogP contribution < -0.4 is 0 Å². The van der Waals surface area contributed by atoms with E-state index in [4.69, 9.17) is 0 Å². The summed E-state index contributed by atoms with van der Waals surface area (Å²) in [5, 5.41) is 10.8. The predicted molar refractivity (Wildman–Crippen MR) is 73.4 cm³/mol. The number of aliphatic hydroxyl groups is 1. The first-order valence-electron chi connectivity index (χ1n) is 5.95. The van der Waals surface area contributed by atoms with Crippen molar-refractivity contribution >= 4 is 17.1 Å². The van der Waals surface area contributed by atoms with E-state index < -0.39 is 21.8 Å². The van der Waals surface area contributed by atoms with Gasteiger partial charge >= 0.3 is 0 Å². The Hall–Kier alpha value is -0.920. The van der Waals surface area contributed by atoms with Crippen LogP contribution in [0.4, 0.5) is 0 Å². The molecule has 0 aromatic rings. The molecule has 0 amide bonds. The molecule has 1 aliphatic heterocycles. The quantitative estimate of drug-likeness (QED) is 0.443. The number of carbonyl (C=O) groups is 1. The molecule has 0 bridgehead atoms. The molecule has 0 aliphatic carbocycles. The average Bonchev–Trinajstić information content (AvgIpc) is 2.23. The molecule has 1 rings (SSSR count). The summed E-state index contributed by atoms with van der Waals surface area (Å²) in [5.41, 5.74) is -1.07. The lowest BCUT2D eigenvalue weighted by atomic mass is 9.69. The number of hydrogen-bond donors (Lipinski definition) is 1. The highest BCUT2D eigenvalue weighted by Crippen LogP contribution is 2.41. The SMILES string of the molecule is C/C(C#CC1(O)C(C)CS(=O)CC1(C)C)=C/C=O. The largest absolute Gasteiger partial charge is 0.377 e. The standard InChI is InChI=1S/C14H20O3S/c1-11(6-8-15)5-7-14(16)12(2)9-18(17)10-13(14,3)4/h6,8,12,16H,9-10H2,1-4H3/b11-6-. The third-order valence-corrected chi connectivity index (χ3v) is 5.39.